The van der Waals surface area contributed by atoms with Crippen molar-refractivity contribution in [1.82, 2.24) is 9.55 Å². The van der Waals surface area contributed by atoms with Crippen molar-refractivity contribution >= 4 is 17.0 Å². The maximum Gasteiger partial charge on any atom is 0.337 e. The Morgan fingerprint density at radius 2 is 2.33 bits per heavy atom. The van der Waals surface area contributed by atoms with Crippen LogP contribution >= 0.6 is 0 Å². The molecule has 1 saturated heterocycles. The number of aromatic carboxylic acids is 1. The zero-order valence-corrected chi connectivity index (χ0v) is 9.55. The third kappa shape index (κ3) is 1.53. The molecule has 2 heterocycles. The number of nitrogens with zero attached hydrogens (tertiary/aromatic N) is 1. The van der Waals surface area contributed by atoms with Crippen LogP contribution in [0.15, 0.2) is 23.0 Å². The first-order valence-corrected chi connectivity index (χ1v) is 5.73. The van der Waals surface area contributed by atoms with Crippen LogP contribution in [0.5, 0.6) is 0 Å². The third-order valence-electron chi connectivity index (χ3n) is 3.25. The van der Waals surface area contributed by atoms with E-state index in [-0.39, 0.29) is 17.3 Å². The summed E-state index contributed by atoms with van der Waals surface area (Å²) in [5, 5.41) is 9.09. The average Bonchev–Trinajstić information content (AvgIpc) is 2.93. The molecule has 18 heavy (non-hydrogen) atoms. The first kappa shape index (κ1) is 11.0. The van der Waals surface area contributed by atoms with E-state index in [9.17, 15) is 9.59 Å². The summed E-state index contributed by atoms with van der Waals surface area (Å²) in [5.74, 6) is -1.04. The van der Waals surface area contributed by atoms with Crippen LogP contribution in [-0.2, 0) is 4.74 Å². The minimum atomic E-state index is -1.04. The molecule has 0 bridgehead atoms. The van der Waals surface area contributed by atoms with Gasteiger partial charge in [-0.25, -0.2) is 9.59 Å². The topological polar surface area (TPSA) is 84.3 Å². The summed E-state index contributed by atoms with van der Waals surface area (Å²) in [4.78, 5) is 25.7. The van der Waals surface area contributed by atoms with E-state index in [0.717, 1.165) is 6.42 Å². The van der Waals surface area contributed by atoms with Crippen molar-refractivity contribution in [1.29, 1.82) is 0 Å². The van der Waals surface area contributed by atoms with Gasteiger partial charge in [0.2, 0.25) is 0 Å². The molecular weight excluding hydrogens is 236 g/mol. The molecule has 1 aliphatic heterocycles. The summed E-state index contributed by atoms with van der Waals surface area (Å²) in [6.07, 6.45) is 0.768. The lowest BCUT2D eigenvalue weighted by Gasteiger charge is -2.09. The molecule has 0 aliphatic carbocycles. The van der Waals surface area contributed by atoms with Gasteiger partial charge in [-0.2, -0.15) is 0 Å². The third-order valence-corrected chi connectivity index (χ3v) is 3.25. The van der Waals surface area contributed by atoms with Crippen molar-refractivity contribution < 1.29 is 14.6 Å². The molecule has 0 radical (unpaired) electrons. The zero-order valence-electron chi connectivity index (χ0n) is 9.55. The van der Waals surface area contributed by atoms with Gasteiger partial charge in [-0.05, 0) is 18.6 Å². The molecular formula is C12H12N2O4. The van der Waals surface area contributed by atoms with Crippen molar-refractivity contribution in [3.8, 4) is 0 Å². The van der Waals surface area contributed by atoms with E-state index in [2.05, 4.69) is 4.98 Å². The van der Waals surface area contributed by atoms with Crippen molar-refractivity contribution in [2.45, 2.75) is 12.5 Å². The van der Waals surface area contributed by atoms with E-state index in [1.54, 1.807) is 16.7 Å². The molecule has 2 N–H and O–H groups in total. The van der Waals surface area contributed by atoms with Crippen LogP contribution in [0, 0.1) is 0 Å². The van der Waals surface area contributed by atoms with Crippen molar-refractivity contribution in [2.75, 3.05) is 13.2 Å². The molecule has 1 unspecified atom stereocenters. The monoisotopic (exact) mass is 248 g/mol. The number of aromatic amines is 1. The second-order valence-electron chi connectivity index (χ2n) is 4.32. The zero-order chi connectivity index (χ0) is 12.7. The molecule has 3 rings (SSSR count). The molecule has 1 aromatic carbocycles. The number of aromatic nitrogens is 2. The Labute approximate surface area is 102 Å². The molecule has 6 nitrogen and oxygen atoms in total. The Bertz CT molecular complexity index is 664. The number of benzene rings is 1. The fraction of sp³-hybridized carbons (Fsp3) is 0.333. The lowest BCUT2D eigenvalue weighted by molar-refractivity contribution is 0.0699. The Hall–Kier alpha value is -2.08. The highest BCUT2D eigenvalue weighted by Crippen LogP contribution is 2.23. The van der Waals surface area contributed by atoms with Crippen LogP contribution in [0.4, 0.5) is 0 Å². The van der Waals surface area contributed by atoms with Gasteiger partial charge in [0, 0.05) is 6.61 Å². The van der Waals surface area contributed by atoms with Crippen LogP contribution in [-0.4, -0.2) is 33.8 Å². The first-order valence-electron chi connectivity index (χ1n) is 5.73. The van der Waals surface area contributed by atoms with Gasteiger partial charge in [-0.1, -0.05) is 6.07 Å². The van der Waals surface area contributed by atoms with E-state index >= 15 is 0 Å². The molecule has 1 aliphatic rings. The highest BCUT2D eigenvalue weighted by atomic mass is 16.5. The maximum absolute atomic E-state index is 12.0. The maximum atomic E-state index is 12.0. The Balaban J connectivity index is 2.27. The molecule has 94 valence electrons. The van der Waals surface area contributed by atoms with E-state index in [1.807, 2.05) is 0 Å². The quantitative estimate of drug-likeness (QED) is 0.830. The lowest BCUT2D eigenvalue weighted by Crippen LogP contribution is -2.22. The molecule has 1 atom stereocenters. The highest BCUT2D eigenvalue weighted by Gasteiger charge is 2.23. The molecule has 6 heteroatoms. The Morgan fingerprint density at radius 1 is 1.50 bits per heavy atom. The largest absolute Gasteiger partial charge is 0.478 e. The van der Waals surface area contributed by atoms with E-state index in [0.29, 0.717) is 24.2 Å². The van der Waals surface area contributed by atoms with E-state index < -0.39 is 5.97 Å². The predicted octanol–water partition coefficient (Wildman–Crippen LogP) is 0.989. The van der Waals surface area contributed by atoms with Gasteiger partial charge in [0.1, 0.15) is 0 Å². The molecule has 0 saturated carbocycles. The number of fused-ring (bicyclic) bond motifs is 1. The number of rotatable bonds is 2. The van der Waals surface area contributed by atoms with Gasteiger partial charge in [0.25, 0.3) is 0 Å². The smallest absolute Gasteiger partial charge is 0.337 e. The molecule has 1 fully saturated rings. The van der Waals surface area contributed by atoms with Gasteiger partial charge >= 0.3 is 11.7 Å². The Morgan fingerprint density at radius 3 is 3.00 bits per heavy atom. The SMILES string of the molecule is O=C(O)c1cccc2c1[nH]c(=O)n2C1CCOC1. The number of imidazole rings is 1. The lowest BCUT2D eigenvalue weighted by atomic mass is 10.1. The Kier molecular flexibility index (Phi) is 2.45. The number of carboxylic acid groups (broad SMARTS) is 1. The first-order chi connectivity index (χ1) is 8.68. The number of nitrogens with one attached hydrogen (secondary N) is 1. The van der Waals surface area contributed by atoms with Crippen LogP contribution in [0.2, 0.25) is 0 Å². The van der Waals surface area contributed by atoms with Gasteiger partial charge in [-0.3, -0.25) is 4.57 Å². The van der Waals surface area contributed by atoms with Gasteiger partial charge in [0.15, 0.2) is 0 Å². The van der Waals surface area contributed by atoms with Gasteiger partial charge in [0.05, 0.1) is 29.2 Å². The number of H-pyrrole nitrogens is 1. The molecule has 0 amide bonds. The van der Waals surface area contributed by atoms with E-state index in [4.69, 9.17) is 9.84 Å². The van der Waals surface area contributed by atoms with Crippen LogP contribution in [0.3, 0.4) is 0 Å². The van der Waals surface area contributed by atoms with Crippen molar-refractivity contribution in [3.63, 3.8) is 0 Å². The van der Waals surface area contributed by atoms with E-state index in [1.165, 1.54) is 6.07 Å². The predicted molar refractivity (Wildman–Crippen MR) is 64.0 cm³/mol. The standard InChI is InChI=1S/C12H12N2O4/c15-11(16)8-2-1-3-9-10(8)13-12(17)14(9)7-4-5-18-6-7/h1-3,7H,4-6H2,(H,13,17)(H,15,16). The summed E-state index contributed by atoms with van der Waals surface area (Å²) in [5.41, 5.74) is 0.828. The minimum Gasteiger partial charge on any atom is -0.478 e. The number of carbonyl (C=O) groups is 1. The normalized spacial score (nSPS) is 19.4. The summed E-state index contributed by atoms with van der Waals surface area (Å²) in [6, 6.07) is 4.86. The number of carboxylic acids is 1. The summed E-state index contributed by atoms with van der Waals surface area (Å²) in [6.45, 7) is 1.12. The number of hydrogen-bond donors (Lipinski definition) is 2. The van der Waals surface area contributed by atoms with Crippen LogP contribution in [0.25, 0.3) is 11.0 Å². The number of ether oxygens (including phenoxy) is 1. The van der Waals surface area contributed by atoms with Crippen LogP contribution < -0.4 is 5.69 Å². The number of hydrogen-bond acceptors (Lipinski definition) is 3. The fourth-order valence-corrected chi connectivity index (χ4v) is 2.42. The molecule has 0 spiro atoms. The van der Waals surface area contributed by atoms with Crippen molar-refractivity contribution in [3.05, 3.63) is 34.2 Å². The second kappa shape index (κ2) is 3.99. The summed E-state index contributed by atoms with van der Waals surface area (Å²) in [7, 11) is 0. The van der Waals surface area contributed by atoms with Gasteiger partial charge in [-0.15, -0.1) is 0 Å². The van der Waals surface area contributed by atoms with Gasteiger partial charge < -0.3 is 14.8 Å². The van der Waals surface area contributed by atoms with Crippen molar-refractivity contribution in [2.24, 2.45) is 0 Å². The number of para-hydroxylation sites is 1. The minimum absolute atomic E-state index is 0.0182. The summed E-state index contributed by atoms with van der Waals surface area (Å²) >= 11 is 0. The van der Waals surface area contributed by atoms with Crippen LogP contribution in [0.1, 0.15) is 22.8 Å². The summed E-state index contributed by atoms with van der Waals surface area (Å²) < 4.78 is 6.86. The average molecular weight is 248 g/mol. The molecule has 1 aromatic heterocycles. The second-order valence-corrected chi connectivity index (χ2v) is 4.32. The molecule has 2 aromatic rings. The fourth-order valence-electron chi connectivity index (χ4n) is 2.42. The highest BCUT2D eigenvalue weighted by molar-refractivity contribution is 6.00.